The predicted molar refractivity (Wildman–Crippen MR) is 86.4 cm³/mol. The summed E-state index contributed by atoms with van der Waals surface area (Å²) in [5, 5.41) is 20.1. The molecule has 0 amide bonds. The van der Waals surface area contributed by atoms with Crippen molar-refractivity contribution < 1.29 is 9.84 Å². The molecular weight excluding hydrogens is 312 g/mol. The number of hydrogen-bond acceptors (Lipinski definition) is 6. The molecule has 1 aliphatic heterocycles. The van der Waals surface area contributed by atoms with Crippen LogP contribution in [0.15, 0.2) is 6.20 Å². The van der Waals surface area contributed by atoms with Crippen molar-refractivity contribution in [3.05, 3.63) is 27.5 Å². The summed E-state index contributed by atoms with van der Waals surface area (Å²) in [7, 11) is 0. The molecular formula is C16H22N4O2S. The zero-order valence-electron chi connectivity index (χ0n) is 13.2. The summed E-state index contributed by atoms with van der Waals surface area (Å²) in [6.45, 7) is 1.78. The average Bonchev–Trinajstić information content (AvgIpc) is 3.11. The molecule has 1 saturated heterocycles. The maximum atomic E-state index is 10.7. The highest BCUT2D eigenvalue weighted by molar-refractivity contribution is 7.11. The lowest BCUT2D eigenvalue weighted by atomic mass is 9.91. The molecule has 0 spiro atoms. The van der Waals surface area contributed by atoms with E-state index in [0.717, 1.165) is 17.8 Å². The second kappa shape index (κ2) is 6.30. The Balaban J connectivity index is 1.49. The van der Waals surface area contributed by atoms with Crippen LogP contribution in [0.4, 0.5) is 0 Å². The molecule has 0 radical (unpaired) electrons. The van der Waals surface area contributed by atoms with Crippen molar-refractivity contribution in [2.75, 3.05) is 13.2 Å². The molecule has 0 atom stereocenters. The summed E-state index contributed by atoms with van der Waals surface area (Å²) in [6, 6.07) is 0. The number of rotatable bonds is 3. The Morgan fingerprint density at radius 1 is 1.22 bits per heavy atom. The van der Waals surface area contributed by atoms with Gasteiger partial charge in [0.25, 0.3) is 0 Å². The number of nitrogens with zero attached hydrogens (tertiary/aromatic N) is 4. The third-order valence-electron chi connectivity index (χ3n) is 4.77. The molecule has 2 aliphatic rings. The van der Waals surface area contributed by atoms with E-state index in [9.17, 15) is 5.11 Å². The first kappa shape index (κ1) is 15.2. The summed E-state index contributed by atoms with van der Waals surface area (Å²) in [4.78, 5) is 6.24. The summed E-state index contributed by atoms with van der Waals surface area (Å²) < 4.78 is 7.11. The number of aromatic nitrogens is 4. The molecule has 0 aromatic carbocycles. The first-order valence-electron chi connectivity index (χ1n) is 8.41. The van der Waals surface area contributed by atoms with Gasteiger partial charge in [-0.15, -0.1) is 16.4 Å². The van der Waals surface area contributed by atoms with Gasteiger partial charge in [0, 0.05) is 30.9 Å². The molecule has 2 aromatic rings. The van der Waals surface area contributed by atoms with Gasteiger partial charge in [0.2, 0.25) is 0 Å². The van der Waals surface area contributed by atoms with E-state index in [1.165, 1.54) is 29.8 Å². The van der Waals surface area contributed by atoms with Crippen molar-refractivity contribution >= 4 is 11.3 Å². The summed E-state index contributed by atoms with van der Waals surface area (Å²) in [5.41, 5.74) is 1.04. The Kier molecular flexibility index (Phi) is 4.17. The lowest BCUT2D eigenvalue weighted by molar-refractivity contribution is -0.0706. The van der Waals surface area contributed by atoms with E-state index in [0.29, 0.717) is 38.3 Å². The second-order valence-electron chi connectivity index (χ2n) is 6.48. The molecule has 2 aromatic heterocycles. The number of thiazole rings is 1. The van der Waals surface area contributed by atoms with Crippen molar-refractivity contribution in [1.29, 1.82) is 0 Å². The Bertz CT molecular complexity index is 652. The summed E-state index contributed by atoms with van der Waals surface area (Å²) in [6.07, 6.45) is 9.12. The van der Waals surface area contributed by atoms with Gasteiger partial charge in [-0.1, -0.05) is 11.6 Å². The molecule has 124 valence electrons. The summed E-state index contributed by atoms with van der Waals surface area (Å²) in [5.74, 6) is 0. The summed E-state index contributed by atoms with van der Waals surface area (Å²) >= 11 is 1.81. The second-order valence-corrected chi connectivity index (χ2v) is 7.65. The molecule has 0 unspecified atom stereocenters. The molecule has 0 saturated carbocycles. The van der Waals surface area contributed by atoms with Crippen molar-refractivity contribution in [3.8, 4) is 0 Å². The molecule has 4 rings (SSSR count). The van der Waals surface area contributed by atoms with E-state index in [1.54, 1.807) is 16.0 Å². The fraction of sp³-hybridized carbons (Fsp3) is 0.688. The van der Waals surface area contributed by atoms with Crippen LogP contribution in [0.25, 0.3) is 0 Å². The molecule has 1 fully saturated rings. The fourth-order valence-corrected chi connectivity index (χ4v) is 4.49. The van der Waals surface area contributed by atoms with Gasteiger partial charge in [-0.25, -0.2) is 9.67 Å². The number of ether oxygens (including phenoxy) is 1. The maximum Gasteiger partial charge on any atom is 0.115 e. The van der Waals surface area contributed by atoms with Gasteiger partial charge in [-0.2, -0.15) is 0 Å². The van der Waals surface area contributed by atoms with Gasteiger partial charge in [0.05, 0.1) is 18.4 Å². The van der Waals surface area contributed by atoms with Gasteiger partial charge in [0.15, 0.2) is 0 Å². The van der Waals surface area contributed by atoms with E-state index in [1.807, 2.05) is 6.20 Å². The van der Waals surface area contributed by atoms with Gasteiger partial charge < -0.3 is 9.84 Å². The molecule has 1 N–H and O–H groups in total. The molecule has 0 bridgehead atoms. The standard InChI is InChI=1S/C16H22N4O2S/c21-16(6-8-22-9-7-16)14-10-20(19-18-14)11-15-17-12-4-2-1-3-5-13(12)23-15/h10,21H,1-9,11H2. The first-order chi connectivity index (χ1) is 11.2. The minimum atomic E-state index is -0.892. The predicted octanol–water partition coefficient (Wildman–Crippen LogP) is 2.05. The van der Waals surface area contributed by atoms with Gasteiger partial charge in [-0.05, 0) is 25.7 Å². The quantitative estimate of drug-likeness (QED) is 0.870. The largest absolute Gasteiger partial charge is 0.383 e. The van der Waals surface area contributed by atoms with Crippen LogP contribution in [0.3, 0.4) is 0 Å². The van der Waals surface area contributed by atoms with E-state index in [-0.39, 0.29) is 0 Å². The van der Waals surface area contributed by atoms with Crippen molar-refractivity contribution in [1.82, 2.24) is 20.0 Å². The molecule has 6 nitrogen and oxygen atoms in total. The topological polar surface area (TPSA) is 73.1 Å². The third kappa shape index (κ3) is 3.18. The normalized spacial score (nSPS) is 20.9. The van der Waals surface area contributed by atoms with E-state index < -0.39 is 5.60 Å². The van der Waals surface area contributed by atoms with Crippen LogP contribution in [0.2, 0.25) is 0 Å². The van der Waals surface area contributed by atoms with Crippen LogP contribution in [0, 0.1) is 0 Å². The highest BCUT2D eigenvalue weighted by Gasteiger charge is 2.34. The number of fused-ring (bicyclic) bond motifs is 1. The Morgan fingerprint density at radius 3 is 2.91 bits per heavy atom. The number of hydrogen-bond donors (Lipinski definition) is 1. The maximum absolute atomic E-state index is 10.7. The van der Waals surface area contributed by atoms with Crippen LogP contribution in [0.5, 0.6) is 0 Å². The highest BCUT2D eigenvalue weighted by Crippen LogP contribution is 2.30. The van der Waals surface area contributed by atoms with Crippen molar-refractivity contribution in [3.63, 3.8) is 0 Å². The van der Waals surface area contributed by atoms with E-state index in [4.69, 9.17) is 9.72 Å². The fourth-order valence-electron chi connectivity index (χ4n) is 3.34. The van der Waals surface area contributed by atoms with Gasteiger partial charge >= 0.3 is 0 Å². The van der Waals surface area contributed by atoms with Crippen LogP contribution in [0.1, 0.15) is 53.4 Å². The van der Waals surface area contributed by atoms with Crippen molar-refractivity contribution in [2.24, 2.45) is 0 Å². The SMILES string of the molecule is OC1(c2cn(Cc3nc4c(s3)CCCCC4)nn2)CCOCC1. The smallest absolute Gasteiger partial charge is 0.115 e. The monoisotopic (exact) mass is 334 g/mol. The average molecular weight is 334 g/mol. The van der Waals surface area contributed by atoms with Crippen LogP contribution in [-0.4, -0.2) is 38.3 Å². The molecule has 1 aliphatic carbocycles. The Hall–Kier alpha value is -1.31. The lowest BCUT2D eigenvalue weighted by Gasteiger charge is -2.29. The number of aliphatic hydroxyl groups is 1. The minimum absolute atomic E-state index is 0.572. The van der Waals surface area contributed by atoms with E-state index in [2.05, 4.69) is 10.3 Å². The molecule has 3 heterocycles. The molecule has 23 heavy (non-hydrogen) atoms. The highest BCUT2D eigenvalue weighted by atomic mass is 32.1. The number of aryl methyl sites for hydroxylation is 2. The van der Waals surface area contributed by atoms with Crippen LogP contribution >= 0.6 is 11.3 Å². The zero-order chi connectivity index (χ0) is 15.7. The van der Waals surface area contributed by atoms with Gasteiger partial charge in [0.1, 0.15) is 16.3 Å². The van der Waals surface area contributed by atoms with Crippen LogP contribution < -0.4 is 0 Å². The van der Waals surface area contributed by atoms with Gasteiger partial charge in [-0.3, -0.25) is 0 Å². The third-order valence-corrected chi connectivity index (χ3v) is 5.91. The molecule has 7 heteroatoms. The van der Waals surface area contributed by atoms with E-state index >= 15 is 0 Å². The lowest BCUT2D eigenvalue weighted by Crippen LogP contribution is -2.33. The Labute approximate surface area is 139 Å². The van der Waals surface area contributed by atoms with Crippen LogP contribution in [-0.2, 0) is 29.7 Å². The zero-order valence-corrected chi connectivity index (χ0v) is 14.0. The first-order valence-corrected chi connectivity index (χ1v) is 9.23. The Morgan fingerprint density at radius 2 is 2.04 bits per heavy atom. The minimum Gasteiger partial charge on any atom is -0.383 e. The van der Waals surface area contributed by atoms with Crippen molar-refractivity contribution in [2.45, 2.75) is 57.1 Å².